The van der Waals surface area contributed by atoms with Gasteiger partial charge in [-0.05, 0) is 122 Å². The Balaban J connectivity index is 4.48. The highest BCUT2D eigenvalue weighted by atomic mass is 16.6. The van der Waals surface area contributed by atoms with Gasteiger partial charge in [0.15, 0.2) is 6.10 Å². The van der Waals surface area contributed by atoms with E-state index < -0.39 is 6.10 Å². The minimum Gasteiger partial charge on any atom is -0.462 e. The molecular formula is C67H114O6. The molecule has 0 fully saturated rings. The van der Waals surface area contributed by atoms with Crippen molar-refractivity contribution < 1.29 is 28.6 Å². The maximum Gasteiger partial charge on any atom is 0.306 e. The average Bonchev–Trinajstić information content (AvgIpc) is 3.39. The second-order valence-electron chi connectivity index (χ2n) is 20.2. The maximum atomic E-state index is 12.9. The van der Waals surface area contributed by atoms with Crippen LogP contribution >= 0.6 is 0 Å². The van der Waals surface area contributed by atoms with Crippen LogP contribution in [0.15, 0.2) is 97.2 Å². The van der Waals surface area contributed by atoms with Crippen LogP contribution in [-0.4, -0.2) is 37.2 Å². The largest absolute Gasteiger partial charge is 0.462 e. The lowest BCUT2D eigenvalue weighted by Crippen LogP contribution is -2.30. The van der Waals surface area contributed by atoms with Crippen LogP contribution < -0.4 is 0 Å². The standard InChI is InChI=1S/C67H114O6/c1-4-7-10-13-16-19-22-25-28-31-32-33-34-37-40-43-46-49-52-55-58-61-67(70)73-64(62-71-65(68)59-56-53-50-47-44-41-38-35-29-26-23-20-17-14-11-8-5-2)63-72-66(69)60-57-54-51-48-45-42-39-36-30-27-24-21-18-15-12-9-6-3/h17-18,20-21,25-30,38-39,41-42,47,50,64H,4-16,19,22-24,31-37,40,43-46,48-49,51-63H2,1-3H3/b20-17-,21-18-,28-25-,29-26-,30-27-,41-38-,42-39-,50-47-/t64-/m1/s1. The van der Waals surface area contributed by atoms with Gasteiger partial charge in [0.1, 0.15) is 13.2 Å². The third-order valence-corrected chi connectivity index (χ3v) is 13.0. The SMILES string of the molecule is CCCCC/C=C\C/C=C\C/C=C\C/C=C\CCCC(=O)OC[C@H](COC(=O)CCCCCC/C=C\C/C=C\C/C=C\CCCCC)OC(=O)CCCCCCCCCCCCC/C=C\CCCCCCCC. The van der Waals surface area contributed by atoms with Crippen LogP contribution in [0.2, 0.25) is 0 Å². The van der Waals surface area contributed by atoms with Gasteiger partial charge in [0.05, 0.1) is 0 Å². The zero-order valence-electron chi connectivity index (χ0n) is 47.9. The number of rotatable bonds is 55. The fraction of sp³-hybridized carbons (Fsp3) is 0.716. The normalized spacial score (nSPS) is 12.8. The van der Waals surface area contributed by atoms with Gasteiger partial charge >= 0.3 is 17.9 Å². The Morgan fingerprint density at radius 3 is 0.863 bits per heavy atom. The first kappa shape index (κ1) is 69.3. The maximum absolute atomic E-state index is 12.9. The molecule has 0 saturated heterocycles. The third kappa shape index (κ3) is 59.1. The van der Waals surface area contributed by atoms with Crippen LogP contribution in [0, 0.1) is 0 Å². The van der Waals surface area contributed by atoms with Gasteiger partial charge in [0.25, 0.3) is 0 Å². The number of esters is 3. The molecule has 0 aromatic heterocycles. The van der Waals surface area contributed by atoms with Crippen LogP contribution in [0.5, 0.6) is 0 Å². The number of hydrogen-bond acceptors (Lipinski definition) is 6. The van der Waals surface area contributed by atoms with Crippen molar-refractivity contribution >= 4 is 17.9 Å². The van der Waals surface area contributed by atoms with E-state index in [0.717, 1.165) is 89.9 Å². The minimum atomic E-state index is -0.811. The smallest absolute Gasteiger partial charge is 0.306 e. The van der Waals surface area contributed by atoms with Gasteiger partial charge in [-0.3, -0.25) is 14.4 Å². The van der Waals surface area contributed by atoms with Crippen LogP contribution in [0.3, 0.4) is 0 Å². The van der Waals surface area contributed by atoms with Crippen LogP contribution in [-0.2, 0) is 28.6 Å². The summed E-state index contributed by atoms with van der Waals surface area (Å²) in [5.41, 5.74) is 0. The zero-order valence-corrected chi connectivity index (χ0v) is 47.9. The molecule has 6 nitrogen and oxygen atoms in total. The fourth-order valence-electron chi connectivity index (χ4n) is 8.38. The molecule has 0 bridgehead atoms. The molecule has 0 spiro atoms. The lowest BCUT2D eigenvalue weighted by Gasteiger charge is -2.18. The van der Waals surface area contributed by atoms with Crippen LogP contribution in [0.1, 0.15) is 290 Å². The summed E-state index contributed by atoms with van der Waals surface area (Å²) >= 11 is 0. The molecule has 0 unspecified atom stereocenters. The number of carbonyl (C=O) groups is 3. The van der Waals surface area contributed by atoms with Gasteiger partial charge in [0, 0.05) is 19.3 Å². The molecule has 6 heteroatoms. The van der Waals surface area contributed by atoms with E-state index in [4.69, 9.17) is 14.2 Å². The van der Waals surface area contributed by atoms with Crippen molar-refractivity contribution in [1.82, 2.24) is 0 Å². The first-order valence-electron chi connectivity index (χ1n) is 30.7. The zero-order chi connectivity index (χ0) is 52.9. The molecule has 1 atom stereocenters. The average molecular weight is 1020 g/mol. The lowest BCUT2D eigenvalue weighted by atomic mass is 10.0. The number of unbranched alkanes of at least 4 members (excludes halogenated alkanes) is 28. The van der Waals surface area contributed by atoms with E-state index in [2.05, 4.69) is 118 Å². The number of allylic oxidation sites excluding steroid dienone is 16. The van der Waals surface area contributed by atoms with E-state index >= 15 is 0 Å². The summed E-state index contributed by atoms with van der Waals surface area (Å²) in [7, 11) is 0. The van der Waals surface area contributed by atoms with Gasteiger partial charge < -0.3 is 14.2 Å². The third-order valence-electron chi connectivity index (χ3n) is 13.0. The predicted octanol–water partition coefficient (Wildman–Crippen LogP) is 20.9. The van der Waals surface area contributed by atoms with E-state index in [-0.39, 0.29) is 37.5 Å². The van der Waals surface area contributed by atoms with Crippen molar-refractivity contribution in [3.63, 3.8) is 0 Å². The minimum absolute atomic E-state index is 0.106. The summed E-state index contributed by atoms with van der Waals surface area (Å²) in [5.74, 6) is -0.978. The monoisotopic (exact) mass is 1010 g/mol. The van der Waals surface area contributed by atoms with E-state index in [9.17, 15) is 14.4 Å². The molecule has 0 aliphatic rings. The number of ether oxygens (including phenoxy) is 3. The molecule has 0 aliphatic heterocycles. The van der Waals surface area contributed by atoms with E-state index in [1.807, 2.05) is 0 Å². The predicted molar refractivity (Wildman–Crippen MR) is 316 cm³/mol. The van der Waals surface area contributed by atoms with E-state index in [1.54, 1.807) is 0 Å². The summed E-state index contributed by atoms with van der Waals surface area (Å²) in [4.78, 5) is 38.2. The van der Waals surface area contributed by atoms with Gasteiger partial charge in [-0.1, -0.05) is 246 Å². The Morgan fingerprint density at radius 1 is 0.274 bits per heavy atom. The van der Waals surface area contributed by atoms with Crippen molar-refractivity contribution in [2.45, 2.75) is 297 Å². The second kappa shape index (κ2) is 60.9. The highest BCUT2D eigenvalue weighted by Crippen LogP contribution is 2.15. The van der Waals surface area contributed by atoms with Gasteiger partial charge in [-0.25, -0.2) is 0 Å². The van der Waals surface area contributed by atoms with Crippen molar-refractivity contribution in [1.29, 1.82) is 0 Å². The Hall–Kier alpha value is -3.67. The summed E-state index contributed by atoms with van der Waals surface area (Å²) in [6, 6.07) is 0. The highest BCUT2D eigenvalue weighted by molar-refractivity contribution is 5.71. The van der Waals surface area contributed by atoms with Gasteiger partial charge in [-0.15, -0.1) is 0 Å². The van der Waals surface area contributed by atoms with Crippen molar-refractivity contribution in [3.05, 3.63) is 97.2 Å². The molecule has 0 aliphatic carbocycles. The van der Waals surface area contributed by atoms with Crippen molar-refractivity contribution in [3.8, 4) is 0 Å². The topological polar surface area (TPSA) is 78.9 Å². The first-order valence-corrected chi connectivity index (χ1v) is 30.7. The molecule has 0 heterocycles. The Kier molecular flexibility index (Phi) is 57.8. The molecule has 0 radical (unpaired) electrons. The molecule has 0 N–H and O–H groups in total. The Bertz CT molecular complexity index is 1440. The molecule has 0 aromatic carbocycles. The molecule has 0 amide bonds. The van der Waals surface area contributed by atoms with Gasteiger partial charge in [0.2, 0.25) is 0 Å². The molecule has 418 valence electrons. The summed E-state index contributed by atoms with van der Waals surface area (Å²) < 4.78 is 16.8. The number of carbonyl (C=O) groups excluding carboxylic acids is 3. The first-order chi connectivity index (χ1) is 36.0. The Labute approximate surface area is 451 Å². The molecule has 0 saturated carbocycles. The quantitative estimate of drug-likeness (QED) is 0.0261. The highest BCUT2D eigenvalue weighted by Gasteiger charge is 2.19. The van der Waals surface area contributed by atoms with Crippen LogP contribution in [0.25, 0.3) is 0 Å². The second-order valence-corrected chi connectivity index (χ2v) is 20.2. The summed E-state index contributed by atoms with van der Waals surface area (Å²) in [6.07, 6.45) is 81.2. The fourth-order valence-corrected chi connectivity index (χ4v) is 8.38. The lowest BCUT2D eigenvalue weighted by molar-refractivity contribution is -0.167. The molecule has 0 aromatic rings. The van der Waals surface area contributed by atoms with E-state index in [1.165, 1.54) is 154 Å². The Morgan fingerprint density at radius 2 is 0.507 bits per heavy atom. The summed E-state index contributed by atoms with van der Waals surface area (Å²) in [5, 5.41) is 0. The molecular weight excluding hydrogens is 901 g/mol. The molecule has 0 rings (SSSR count). The van der Waals surface area contributed by atoms with Gasteiger partial charge in [-0.2, -0.15) is 0 Å². The summed E-state index contributed by atoms with van der Waals surface area (Å²) in [6.45, 7) is 6.53. The van der Waals surface area contributed by atoms with Crippen LogP contribution in [0.4, 0.5) is 0 Å². The number of hydrogen-bond donors (Lipinski definition) is 0. The van der Waals surface area contributed by atoms with Crippen molar-refractivity contribution in [2.24, 2.45) is 0 Å². The molecule has 73 heavy (non-hydrogen) atoms. The van der Waals surface area contributed by atoms with Crippen molar-refractivity contribution in [2.75, 3.05) is 13.2 Å². The van der Waals surface area contributed by atoms with E-state index in [0.29, 0.717) is 19.3 Å².